The van der Waals surface area contributed by atoms with E-state index in [0.29, 0.717) is 16.5 Å². The fraction of sp³-hybridized carbons (Fsp3) is 0.190. The molecule has 0 radical (unpaired) electrons. The minimum Gasteiger partial charge on any atom is -0.383 e. The van der Waals surface area contributed by atoms with Crippen molar-refractivity contribution in [2.75, 3.05) is 6.26 Å². The van der Waals surface area contributed by atoms with Crippen LogP contribution in [0.5, 0.6) is 0 Å². The van der Waals surface area contributed by atoms with Gasteiger partial charge in [0.05, 0.1) is 10.6 Å². The van der Waals surface area contributed by atoms with Crippen LogP contribution in [0.3, 0.4) is 0 Å². The Kier molecular flexibility index (Phi) is 6.35. The number of sulfonamides is 1. The van der Waals surface area contributed by atoms with Gasteiger partial charge in [0, 0.05) is 6.42 Å². The maximum Gasteiger partial charge on any atom is 0.270 e. The van der Waals surface area contributed by atoms with Crippen LogP contribution in [0.25, 0.3) is 5.69 Å². The zero-order chi connectivity index (χ0) is 22.9. The van der Waals surface area contributed by atoms with Gasteiger partial charge in [-0.1, -0.05) is 18.2 Å². The molecule has 2 aromatic carbocycles. The molecular weight excluding hydrogens is 434 g/mol. The number of amidine groups is 1. The van der Waals surface area contributed by atoms with Gasteiger partial charge < -0.3 is 5.73 Å². The Morgan fingerprint density at radius 3 is 2.29 bits per heavy atom. The highest BCUT2D eigenvalue weighted by molar-refractivity contribution is 7.98. The molecule has 0 atom stereocenters. The van der Waals surface area contributed by atoms with E-state index in [4.69, 9.17) is 16.3 Å². The number of aromatic nitrogens is 2. The summed E-state index contributed by atoms with van der Waals surface area (Å²) in [6.07, 6.45) is 2.03. The lowest BCUT2D eigenvalue weighted by Gasteiger charge is -2.17. The summed E-state index contributed by atoms with van der Waals surface area (Å²) in [6.45, 7) is 3.93. The first kappa shape index (κ1) is 22.7. The number of nitrogens with one attached hydrogen (secondary N) is 1. The van der Waals surface area contributed by atoms with E-state index in [0.717, 1.165) is 16.7 Å². The molecule has 3 aromatic rings. The molecule has 0 saturated carbocycles. The molecule has 0 spiro atoms. The third-order valence-electron chi connectivity index (χ3n) is 4.95. The third kappa shape index (κ3) is 4.71. The van der Waals surface area contributed by atoms with Crippen LogP contribution in [-0.2, 0) is 16.4 Å². The lowest BCUT2D eigenvalue weighted by molar-refractivity contribution is 0.598. The Bertz CT molecular complexity index is 1330. The van der Waals surface area contributed by atoms with Gasteiger partial charge >= 0.3 is 0 Å². The molecule has 0 fully saturated rings. The molecule has 10 heteroatoms. The molecule has 162 valence electrons. The van der Waals surface area contributed by atoms with E-state index in [1.54, 1.807) is 18.4 Å². The van der Waals surface area contributed by atoms with E-state index in [1.165, 1.54) is 28.5 Å². The normalized spacial score (nSPS) is 11.5. The van der Waals surface area contributed by atoms with Crippen molar-refractivity contribution in [2.24, 2.45) is 10.9 Å². The van der Waals surface area contributed by atoms with Gasteiger partial charge in [-0.05, 0) is 61.1 Å². The van der Waals surface area contributed by atoms with Crippen molar-refractivity contribution in [1.29, 1.82) is 5.41 Å². The van der Waals surface area contributed by atoms with Crippen LogP contribution in [0.1, 0.15) is 28.1 Å². The summed E-state index contributed by atoms with van der Waals surface area (Å²) in [4.78, 5) is 18.0. The van der Waals surface area contributed by atoms with Crippen LogP contribution in [0, 0.1) is 19.3 Å². The van der Waals surface area contributed by atoms with Gasteiger partial charge in [0.15, 0.2) is 0 Å². The van der Waals surface area contributed by atoms with Crippen LogP contribution in [-0.4, -0.2) is 30.1 Å². The summed E-state index contributed by atoms with van der Waals surface area (Å²) in [5.74, 6) is 0.106. The van der Waals surface area contributed by atoms with Crippen molar-refractivity contribution in [1.82, 2.24) is 9.55 Å². The molecule has 31 heavy (non-hydrogen) atoms. The number of nitrogens with two attached hydrogens (primary N) is 2. The molecular formula is C21H23N5O3S2. The first-order valence-electron chi connectivity index (χ1n) is 9.26. The number of aryl methyl sites for hydroxylation is 2. The monoisotopic (exact) mass is 457 g/mol. The van der Waals surface area contributed by atoms with E-state index >= 15 is 0 Å². The zero-order valence-electron chi connectivity index (χ0n) is 17.3. The van der Waals surface area contributed by atoms with Gasteiger partial charge in [-0.3, -0.25) is 14.8 Å². The predicted molar refractivity (Wildman–Crippen MR) is 123 cm³/mol. The second-order valence-corrected chi connectivity index (χ2v) is 9.46. The van der Waals surface area contributed by atoms with Crippen molar-refractivity contribution in [3.8, 4) is 5.69 Å². The smallest absolute Gasteiger partial charge is 0.270 e. The molecule has 0 aliphatic rings. The van der Waals surface area contributed by atoms with Crippen molar-refractivity contribution in [3.05, 3.63) is 80.9 Å². The summed E-state index contributed by atoms with van der Waals surface area (Å²) < 4.78 is 24.5. The van der Waals surface area contributed by atoms with Crippen LogP contribution >= 0.6 is 11.8 Å². The molecule has 1 heterocycles. The van der Waals surface area contributed by atoms with Gasteiger partial charge in [-0.15, -0.1) is 11.8 Å². The molecule has 0 amide bonds. The van der Waals surface area contributed by atoms with E-state index in [-0.39, 0.29) is 22.7 Å². The standard InChI is InChI=1S/C21H23N5O3S2/c1-12-4-7-15(10-13(12)2)26-17(25-20(30-3)18(19(22)23)21(26)27)11-14-5-8-16(9-6-14)31(24,28)29/h4-10H,11H2,1-3H3,(H3,22,23)(H2,24,28,29). The van der Waals surface area contributed by atoms with E-state index in [2.05, 4.69) is 4.98 Å². The van der Waals surface area contributed by atoms with Gasteiger partial charge in [0.1, 0.15) is 22.2 Å². The zero-order valence-corrected chi connectivity index (χ0v) is 19.0. The molecule has 5 N–H and O–H groups in total. The Morgan fingerprint density at radius 2 is 1.77 bits per heavy atom. The molecule has 0 saturated heterocycles. The summed E-state index contributed by atoms with van der Waals surface area (Å²) in [7, 11) is -3.80. The van der Waals surface area contributed by atoms with Crippen LogP contribution in [0.2, 0.25) is 0 Å². The largest absolute Gasteiger partial charge is 0.383 e. The minimum absolute atomic E-state index is 0.00693. The van der Waals surface area contributed by atoms with E-state index in [9.17, 15) is 13.2 Å². The highest BCUT2D eigenvalue weighted by Crippen LogP contribution is 2.21. The number of thioether (sulfide) groups is 1. The number of nitrogen functional groups attached to an aromatic ring is 1. The number of primary sulfonamides is 1. The fourth-order valence-electron chi connectivity index (χ4n) is 3.15. The number of nitrogens with zero attached hydrogens (tertiary/aromatic N) is 2. The lowest BCUT2D eigenvalue weighted by atomic mass is 10.1. The summed E-state index contributed by atoms with van der Waals surface area (Å²) in [5.41, 5.74) is 8.78. The number of hydrogen-bond acceptors (Lipinski definition) is 6. The van der Waals surface area contributed by atoms with Gasteiger partial charge in [0.2, 0.25) is 10.0 Å². The maximum atomic E-state index is 13.4. The highest BCUT2D eigenvalue weighted by atomic mass is 32.2. The van der Waals surface area contributed by atoms with Crippen LogP contribution in [0.15, 0.2) is 57.2 Å². The number of benzene rings is 2. The summed E-state index contributed by atoms with van der Waals surface area (Å²) in [5, 5.41) is 13.4. The first-order valence-corrected chi connectivity index (χ1v) is 12.0. The van der Waals surface area contributed by atoms with Crippen LogP contribution in [0.4, 0.5) is 0 Å². The molecule has 0 bridgehead atoms. The van der Waals surface area contributed by atoms with Crippen LogP contribution < -0.4 is 16.4 Å². The van der Waals surface area contributed by atoms with Crippen molar-refractivity contribution in [2.45, 2.75) is 30.2 Å². The first-order chi connectivity index (χ1) is 14.5. The molecule has 0 unspecified atom stereocenters. The van der Waals surface area contributed by atoms with Crippen molar-refractivity contribution in [3.63, 3.8) is 0 Å². The number of rotatable bonds is 6. The second kappa shape index (κ2) is 8.66. The van der Waals surface area contributed by atoms with Gasteiger partial charge in [0.25, 0.3) is 5.56 Å². The summed E-state index contributed by atoms with van der Waals surface area (Å²) in [6, 6.07) is 11.7. The summed E-state index contributed by atoms with van der Waals surface area (Å²) >= 11 is 1.24. The molecule has 1 aromatic heterocycles. The molecule has 8 nitrogen and oxygen atoms in total. The maximum absolute atomic E-state index is 13.4. The molecule has 0 aliphatic heterocycles. The quantitative estimate of drug-likeness (QED) is 0.224. The Balaban J connectivity index is 2.22. The topological polar surface area (TPSA) is 145 Å². The molecule has 0 aliphatic carbocycles. The van der Waals surface area contributed by atoms with Crippen molar-refractivity contribution >= 4 is 27.6 Å². The second-order valence-electron chi connectivity index (χ2n) is 7.10. The third-order valence-corrected chi connectivity index (χ3v) is 6.56. The highest BCUT2D eigenvalue weighted by Gasteiger charge is 2.20. The Hall–Kier alpha value is -2.95. The Labute approximate surface area is 184 Å². The average molecular weight is 458 g/mol. The van der Waals surface area contributed by atoms with E-state index in [1.807, 2.05) is 32.0 Å². The minimum atomic E-state index is -3.80. The lowest BCUT2D eigenvalue weighted by Crippen LogP contribution is -2.33. The Morgan fingerprint density at radius 1 is 1.13 bits per heavy atom. The molecule has 3 rings (SSSR count). The predicted octanol–water partition coefficient (Wildman–Crippen LogP) is 2.09. The van der Waals surface area contributed by atoms with Gasteiger partial charge in [-0.25, -0.2) is 18.5 Å². The average Bonchev–Trinajstić information content (AvgIpc) is 2.69. The SMILES string of the molecule is CSc1nc(Cc2ccc(S(N)(=O)=O)cc2)n(-c2ccc(C)c(C)c2)c(=O)c1C(=N)N. The van der Waals surface area contributed by atoms with Gasteiger partial charge in [-0.2, -0.15) is 0 Å². The van der Waals surface area contributed by atoms with Crippen molar-refractivity contribution < 1.29 is 8.42 Å². The number of hydrogen-bond donors (Lipinski definition) is 3. The fourth-order valence-corrected chi connectivity index (χ4v) is 4.26. The van der Waals surface area contributed by atoms with E-state index < -0.39 is 15.6 Å².